The van der Waals surface area contributed by atoms with Crippen LogP contribution in [0.2, 0.25) is 9.36 Å². The number of rotatable bonds is 1. The van der Waals surface area contributed by atoms with E-state index in [0.717, 1.165) is 16.3 Å². The van der Waals surface area contributed by atoms with E-state index in [-0.39, 0.29) is 12.1 Å². The third-order valence-electron chi connectivity index (χ3n) is 2.88. The van der Waals surface area contributed by atoms with Crippen molar-refractivity contribution >= 4 is 34.5 Å². The minimum atomic E-state index is -0.133. The van der Waals surface area contributed by atoms with Crippen LogP contribution in [0.3, 0.4) is 0 Å². The fraction of sp³-hybridized carbons (Fsp3) is 0.250. The largest absolute Gasteiger partial charge is 0.483 e. The second-order valence-electron chi connectivity index (χ2n) is 4.13. The van der Waals surface area contributed by atoms with Gasteiger partial charge in [-0.2, -0.15) is 0 Å². The number of nitrogens with zero attached hydrogens (tertiary/aromatic N) is 1. The van der Waals surface area contributed by atoms with Crippen LogP contribution in [0.25, 0.3) is 0 Å². The van der Waals surface area contributed by atoms with Crippen LogP contribution in [0, 0.1) is 0 Å². The third kappa shape index (κ3) is 2.21. The highest BCUT2D eigenvalue weighted by atomic mass is 35.5. The van der Waals surface area contributed by atoms with Crippen molar-refractivity contribution < 1.29 is 4.74 Å². The Kier molecular flexibility index (Phi) is 3.20. The van der Waals surface area contributed by atoms with Gasteiger partial charge in [0.05, 0.1) is 6.20 Å². The van der Waals surface area contributed by atoms with Gasteiger partial charge in [-0.3, -0.25) is 0 Å². The van der Waals surface area contributed by atoms with Crippen molar-refractivity contribution in [1.82, 2.24) is 4.98 Å². The van der Waals surface area contributed by atoms with E-state index < -0.39 is 0 Å². The average molecular weight is 301 g/mol. The Morgan fingerprint density at radius 3 is 2.94 bits per heavy atom. The highest BCUT2D eigenvalue weighted by Crippen LogP contribution is 2.41. The maximum atomic E-state index is 6.16. The first-order valence-electron chi connectivity index (χ1n) is 5.46. The fourth-order valence-electron chi connectivity index (χ4n) is 2.04. The van der Waals surface area contributed by atoms with Crippen LogP contribution in [0.1, 0.15) is 29.1 Å². The molecule has 2 atom stereocenters. The van der Waals surface area contributed by atoms with E-state index in [0.29, 0.717) is 15.8 Å². The summed E-state index contributed by atoms with van der Waals surface area (Å²) in [6, 6.07) is 5.40. The van der Waals surface area contributed by atoms with E-state index in [1.807, 2.05) is 12.1 Å². The zero-order valence-electron chi connectivity index (χ0n) is 9.27. The van der Waals surface area contributed by atoms with Gasteiger partial charge in [0.25, 0.3) is 0 Å². The molecular formula is C12H10Cl2N2OS. The van der Waals surface area contributed by atoms with Gasteiger partial charge in [0.1, 0.15) is 15.1 Å². The predicted octanol–water partition coefficient (Wildman–Crippen LogP) is 3.97. The molecule has 2 N–H and O–H groups in total. The second-order valence-corrected chi connectivity index (χ2v) is 6.26. The zero-order chi connectivity index (χ0) is 12.7. The second kappa shape index (κ2) is 4.70. The summed E-state index contributed by atoms with van der Waals surface area (Å²) in [5.74, 6) is 0.773. The molecule has 1 unspecified atom stereocenters. The van der Waals surface area contributed by atoms with Crippen molar-refractivity contribution in [3.8, 4) is 5.75 Å². The van der Waals surface area contributed by atoms with Crippen molar-refractivity contribution in [2.24, 2.45) is 5.73 Å². The fourth-order valence-corrected chi connectivity index (χ4v) is 3.20. The number of fused-ring (bicyclic) bond motifs is 1. The van der Waals surface area contributed by atoms with E-state index in [4.69, 9.17) is 33.7 Å². The molecule has 3 rings (SSSR count). The highest BCUT2D eigenvalue weighted by Gasteiger charge is 2.29. The normalized spacial score (nSPS) is 22.4. The van der Waals surface area contributed by atoms with Gasteiger partial charge in [0.2, 0.25) is 0 Å². The number of hydrogen-bond acceptors (Lipinski definition) is 4. The lowest BCUT2D eigenvalue weighted by Crippen LogP contribution is -2.24. The maximum absolute atomic E-state index is 6.16. The first-order valence-corrected chi connectivity index (χ1v) is 7.03. The molecule has 1 aromatic carbocycles. The summed E-state index contributed by atoms with van der Waals surface area (Å²) in [5, 5.41) is 1.53. The van der Waals surface area contributed by atoms with E-state index in [9.17, 15) is 0 Å². The number of benzene rings is 1. The Hall–Kier alpha value is -0.810. The molecule has 3 nitrogen and oxygen atoms in total. The number of ether oxygens (including phenoxy) is 1. The maximum Gasteiger partial charge on any atom is 0.152 e. The standard InChI is InChI=1S/C12H10Cl2N2OS/c13-6-1-2-9-7(3-6)8(15)4-10(17-9)12-16-5-11(14)18-12/h1-3,5,8,10H,4,15H2/t8-,10?/m0/s1. The van der Waals surface area contributed by atoms with Gasteiger partial charge in [-0.25, -0.2) is 4.98 Å². The molecule has 0 saturated carbocycles. The smallest absolute Gasteiger partial charge is 0.152 e. The summed E-state index contributed by atoms with van der Waals surface area (Å²) in [6.07, 6.45) is 2.18. The van der Waals surface area contributed by atoms with E-state index >= 15 is 0 Å². The molecule has 94 valence electrons. The molecule has 0 spiro atoms. The molecule has 0 bridgehead atoms. The molecule has 2 aromatic rings. The number of nitrogens with two attached hydrogens (primary N) is 1. The molecule has 18 heavy (non-hydrogen) atoms. The van der Waals surface area contributed by atoms with Gasteiger partial charge in [-0.05, 0) is 18.2 Å². The van der Waals surface area contributed by atoms with Crippen LogP contribution in [0.5, 0.6) is 5.75 Å². The minimum Gasteiger partial charge on any atom is -0.483 e. The quantitative estimate of drug-likeness (QED) is 0.867. The monoisotopic (exact) mass is 300 g/mol. The molecule has 2 heterocycles. The Morgan fingerprint density at radius 1 is 1.39 bits per heavy atom. The van der Waals surface area contributed by atoms with Gasteiger partial charge >= 0.3 is 0 Å². The van der Waals surface area contributed by atoms with Gasteiger partial charge in [-0.15, -0.1) is 11.3 Å². The minimum absolute atomic E-state index is 0.0971. The molecule has 1 aliphatic heterocycles. The highest BCUT2D eigenvalue weighted by molar-refractivity contribution is 7.15. The molecule has 0 aliphatic carbocycles. The lowest BCUT2D eigenvalue weighted by atomic mass is 9.97. The lowest BCUT2D eigenvalue weighted by molar-refractivity contribution is 0.161. The summed E-state index contributed by atoms with van der Waals surface area (Å²) in [5.41, 5.74) is 7.10. The summed E-state index contributed by atoms with van der Waals surface area (Å²) < 4.78 is 6.56. The first kappa shape index (κ1) is 12.2. The molecule has 1 aromatic heterocycles. The SMILES string of the molecule is N[C@H]1CC(c2ncc(Cl)s2)Oc2ccc(Cl)cc21. The van der Waals surface area contributed by atoms with Gasteiger partial charge in [0, 0.05) is 23.0 Å². The van der Waals surface area contributed by atoms with Crippen LogP contribution in [0.15, 0.2) is 24.4 Å². The average Bonchev–Trinajstić information content (AvgIpc) is 2.77. The van der Waals surface area contributed by atoms with Gasteiger partial charge in [-0.1, -0.05) is 23.2 Å². The number of aromatic nitrogens is 1. The molecule has 0 fully saturated rings. The van der Waals surface area contributed by atoms with Gasteiger partial charge < -0.3 is 10.5 Å². The van der Waals surface area contributed by atoms with Crippen LogP contribution in [-0.2, 0) is 0 Å². The molecule has 0 amide bonds. The predicted molar refractivity (Wildman–Crippen MR) is 73.5 cm³/mol. The Labute approximate surface area is 118 Å². The van der Waals surface area contributed by atoms with Crippen molar-refractivity contribution in [3.05, 3.63) is 44.3 Å². The number of hydrogen-bond donors (Lipinski definition) is 1. The van der Waals surface area contributed by atoms with Crippen molar-refractivity contribution in [2.75, 3.05) is 0 Å². The third-order valence-corrected chi connectivity index (χ3v) is 4.32. The van der Waals surface area contributed by atoms with Crippen molar-refractivity contribution in [2.45, 2.75) is 18.6 Å². The topological polar surface area (TPSA) is 48.1 Å². The summed E-state index contributed by atoms with van der Waals surface area (Å²) in [6.45, 7) is 0. The van der Waals surface area contributed by atoms with Crippen LogP contribution in [-0.4, -0.2) is 4.98 Å². The van der Waals surface area contributed by atoms with Crippen LogP contribution < -0.4 is 10.5 Å². The summed E-state index contributed by atoms with van der Waals surface area (Å²) >= 11 is 13.3. The molecule has 0 radical (unpaired) electrons. The molecular weight excluding hydrogens is 291 g/mol. The molecule has 0 saturated heterocycles. The molecule has 6 heteroatoms. The Bertz CT molecular complexity index is 587. The summed E-state index contributed by atoms with van der Waals surface area (Å²) in [7, 11) is 0. The van der Waals surface area contributed by atoms with E-state index in [2.05, 4.69) is 4.98 Å². The first-order chi connectivity index (χ1) is 8.63. The number of thiazole rings is 1. The van der Waals surface area contributed by atoms with Crippen molar-refractivity contribution in [1.29, 1.82) is 0 Å². The van der Waals surface area contributed by atoms with Crippen LogP contribution in [0.4, 0.5) is 0 Å². The van der Waals surface area contributed by atoms with Crippen molar-refractivity contribution in [3.63, 3.8) is 0 Å². The van der Waals surface area contributed by atoms with E-state index in [1.165, 1.54) is 11.3 Å². The lowest BCUT2D eigenvalue weighted by Gasteiger charge is -2.29. The Balaban J connectivity index is 1.94. The summed E-state index contributed by atoms with van der Waals surface area (Å²) in [4.78, 5) is 4.24. The Morgan fingerprint density at radius 2 is 2.22 bits per heavy atom. The van der Waals surface area contributed by atoms with Gasteiger partial charge in [0.15, 0.2) is 6.10 Å². The zero-order valence-corrected chi connectivity index (χ0v) is 11.6. The van der Waals surface area contributed by atoms with Crippen LogP contribution >= 0.6 is 34.5 Å². The molecule has 1 aliphatic rings. The number of halogens is 2. The van der Waals surface area contributed by atoms with E-state index in [1.54, 1.807) is 12.3 Å².